The number of nitrogens with zero attached hydrogens (tertiary/aromatic N) is 2. The van der Waals surface area contributed by atoms with E-state index in [-0.39, 0.29) is 11.3 Å². The molecule has 0 bridgehead atoms. The van der Waals surface area contributed by atoms with Gasteiger partial charge in [-0.05, 0) is 38.8 Å². The third-order valence-electron chi connectivity index (χ3n) is 3.10. The standard InChI is InChI=1S/C16H15FN2O2/c1-9-10(2)19-14(11(3)18-9)6-7-15(20)13-5-4-12(17)8-16(13)21/h4-5,8,15,20-21H,1-3H3. The number of phenols is 1. The molecule has 108 valence electrons. The van der Waals surface area contributed by atoms with Crippen molar-refractivity contribution in [3.8, 4) is 17.6 Å². The Morgan fingerprint density at radius 1 is 1.10 bits per heavy atom. The zero-order chi connectivity index (χ0) is 15.6. The third kappa shape index (κ3) is 3.36. The normalized spacial score (nSPS) is 11.7. The molecule has 1 aromatic heterocycles. The van der Waals surface area contributed by atoms with Gasteiger partial charge in [-0.25, -0.2) is 9.37 Å². The summed E-state index contributed by atoms with van der Waals surface area (Å²) in [7, 11) is 0. The maximum absolute atomic E-state index is 12.9. The number of aliphatic hydroxyl groups excluding tert-OH is 1. The highest BCUT2D eigenvalue weighted by atomic mass is 19.1. The highest BCUT2D eigenvalue weighted by molar-refractivity contribution is 5.41. The molecule has 5 heteroatoms. The second-order valence-electron chi connectivity index (χ2n) is 4.70. The average Bonchev–Trinajstić information content (AvgIpc) is 2.41. The molecule has 4 nitrogen and oxygen atoms in total. The second-order valence-corrected chi connectivity index (χ2v) is 4.70. The van der Waals surface area contributed by atoms with E-state index < -0.39 is 11.9 Å². The monoisotopic (exact) mass is 286 g/mol. The molecule has 2 rings (SSSR count). The largest absolute Gasteiger partial charge is 0.507 e. The van der Waals surface area contributed by atoms with Crippen molar-refractivity contribution in [1.29, 1.82) is 0 Å². The summed E-state index contributed by atoms with van der Waals surface area (Å²) in [4.78, 5) is 8.61. The smallest absolute Gasteiger partial charge is 0.144 e. The van der Waals surface area contributed by atoms with E-state index in [1.54, 1.807) is 6.92 Å². The van der Waals surface area contributed by atoms with E-state index in [9.17, 15) is 14.6 Å². The van der Waals surface area contributed by atoms with Crippen LogP contribution in [0.15, 0.2) is 18.2 Å². The van der Waals surface area contributed by atoms with Crippen LogP contribution in [0, 0.1) is 38.4 Å². The van der Waals surface area contributed by atoms with Gasteiger partial charge in [-0.2, -0.15) is 0 Å². The first-order valence-corrected chi connectivity index (χ1v) is 6.38. The van der Waals surface area contributed by atoms with E-state index in [1.807, 2.05) is 13.8 Å². The first-order chi connectivity index (χ1) is 9.88. The van der Waals surface area contributed by atoms with Gasteiger partial charge < -0.3 is 10.2 Å². The Morgan fingerprint density at radius 2 is 1.76 bits per heavy atom. The highest BCUT2D eigenvalue weighted by Gasteiger charge is 2.10. The summed E-state index contributed by atoms with van der Waals surface area (Å²) in [5, 5.41) is 19.6. The van der Waals surface area contributed by atoms with Crippen LogP contribution in [0.4, 0.5) is 4.39 Å². The quantitative estimate of drug-likeness (QED) is 0.790. The Morgan fingerprint density at radius 3 is 2.43 bits per heavy atom. The van der Waals surface area contributed by atoms with Crippen LogP contribution in [-0.2, 0) is 0 Å². The first kappa shape index (κ1) is 14.9. The number of aliphatic hydroxyl groups is 1. The lowest BCUT2D eigenvalue weighted by molar-refractivity contribution is 0.233. The fraction of sp³-hybridized carbons (Fsp3) is 0.250. The number of hydrogen-bond donors (Lipinski definition) is 2. The van der Waals surface area contributed by atoms with Crippen LogP contribution in [0.5, 0.6) is 5.75 Å². The van der Waals surface area contributed by atoms with E-state index >= 15 is 0 Å². The zero-order valence-electron chi connectivity index (χ0n) is 12.0. The Kier molecular flexibility index (Phi) is 4.20. The fourth-order valence-electron chi connectivity index (χ4n) is 1.80. The van der Waals surface area contributed by atoms with Crippen molar-refractivity contribution in [3.05, 3.63) is 52.4 Å². The summed E-state index contributed by atoms with van der Waals surface area (Å²) in [5.74, 6) is 4.42. The predicted octanol–water partition coefficient (Wildman–Crippen LogP) is 2.33. The summed E-state index contributed by atoms with van der Waals surface area (Å²) >= 11 is 0. The Balaban J connectivity index is 2.32. The maximum Gasteiger partial charge on any atom is 0.144 e. The van der Waals surface area contributed by atoms with Gasteiger partial charge in [0.05, 0.1) is 17.1 Å². The van der Waals surface area contributed by atoms with Crippen molar-refractivity contribution in [2.24, 2.45) is 0 Å². The van der Waals surface area contributed by atoms with E-state index in [0.717, 1.165) is 23.5 Å². The summed E-state index contributed by atoms with van der Waals surface area (Å²) in [6, 6.07) is 3.38. The average molecular weight is 286 g/mol. The van der Waals surface area contributed by atoms with E-state index in [1.165, 1.54) is 6.07 Å². The first-order valence-electron chi connectivity index (χ1n) is 6.38. The predicted molar refractivity (Wildman–Crippen MR) is 76.1 cm³/mol. The van der Waals surface area contributed by atoms with E-state index in [4.69, 9.17) is 0 Å². The molecule has 21 heavy (non-hydrogen) atoms. The minimum absolute atomic E-state index is 0.151. The molecule has 0 fully saturated rings. The van der Waals surface area contributed by atoms with Crippen LogP contribution in [-0.4, -0.2) is 20.2 Å². The number of benzene rings is 1. The van der Waals surface area contributed by atoms with Gasteiger partial charge in [0, 0.05) is 11.6 Å². The molecule has 1 aromatic carbocycles. The van der Waals surface area contributed by atoms with Crippen molar-refractivity contribution < 1.29 is 14.6 Å². The molecule has 2 N–H and O–H groups in total. The van der Waals surface area contributed by atoms with Crippen LogP contribution in [0.1, 0.15) is 34.4 Å². The Labute approximate surface area is 122 Å². The van der Waals surface area contributed by atoms with Crippen LogP contribution < -0.4 is 0 Å². The number of phenolic OH excluding ortho intramolecular Hbond substituents is 1. The van der Waals surface area contributed by atoms with Crippen molar-refractivity contribution in [2.75, 3.05) is 0 Å². The Bertz CT molecular complexity index is 748. The van der Waals surface area contributed by atoms with Gasteiger partial charge in [0.15, 0.2) is 0 Å². The van der Waals surface area contributed by atoms with Gasteiger partial charge in [-0.3, -0.25) is 4.98 Å². The van der Waals surface area contributed by atoms with Gasteiger partial charge in [-0.15, -0.1) is 0 Å². The molecule has 0 aliphatic rings. The number of halogens is 1. The molecule has 1 heterocycles. The number of aromatic nitrogens is 2. The minimum Gasteiger partial charge on any atom is -0.507 e. The number of hydrogen-bond acceptors (Lipinski definition) is 4. The Hall–Kier alpha value is -2.45. The summed E-state index contributed by atoms with van der Waals surface area (Å²) in [5.41, 5.74) is 2.89. The van der Waals surface area contributed by atoms with Crippen LogP contribution >= 0.6 is 0 Å². The SMILES string of the molecule is Cc1nc(C)c(C#CC(O)c2ccc(F)cc2O)nc1C. The van der Waals surface area contributed by atoms with Crippen LogP contribution in [0.3, 0.4) is 0 Å². The van der Waals surface area contributed by atoms with Gasteiger partial charge in [0.1, 0.15) is 23.4 Å². The molecular weight excluding hydrogens is 271 g/mol. The highest BCUT2D eigenvalue weighted by Crippen LogP contribution is 2.24. The van der Waals surface area contributed by atoms with E-state index in [0.29, 0.717) is 11.4 Å². The number of aryl methyl sites for hydroxylation is 3. The van der Waals surface area contributed by atoms with Gasteiger partial charge in [0.25, 0.3) is 0 Å². The molecule has 1 unspecified atom stereocenters. The maximum atomic E-state index is 12.9. The molecule has 0 spiro atoms. The summed E-state index contributed by atoms with van der Waals surface area (Å²) in [6.45, 7) is 5.47. The van der Waals surface area contributed by atoms with E-state index in [2.05, 4.69) is 21.8 Å². The summed E-state index contributed by atoms with van der Waals surface area (Å²) in [6.07, 6.45) is -1.23. The lowest BCUT2D eigenvalue weighted by Gasteiger charge is -2.06. The molecule has 0 aliphatic carbocycles. The third-order valence-corrected chi connectivity index (χ3v) is 3.10. The van der Waals surface area contributed by atoms with Crippen molar-refractivity contribution in [1.82, 2.24) is 9.97 Å². The van der Waals surface area contributed by atoms with Gasteiger partial charge >= 0.3 is 0 Å². The van der Waals surface area contributed by atoms with Gasteiger partial charge in [-0.1, -0.05) is 5.92 Å². The molecule has 0 amide bonds. The lowest BCUT2D eigenvalue weighted by atomic mass is 10.1. The summed E-state index contributed by atoms with van der Waals surface area (Å²) < 4.78 is 12.9. The van der Waals surface area contributed by atoms with Crippen molar-refractivity contribution in [3.63, 3.8) is 0 Å². The van der Waals surface area contributed by atoms with Crippen molar-refractivity contribution >= 4 is 0 Å². The topological polar surface area (TPSA) is 66.2 Å². The fourth-order valence-corrected chi connectivity index (χ4v) is 1.80. The van der Waals surface area contributed by atoms with Gasteiger partial charge in [0.2, 0.25) is 0 Å². The number of rotatable bonds is 1. The molecule has 0 saturated heterocycles. The van der Waals surface area contributed by atoms with Crippen LogP contribution in [0.25, 0.3) is 0 Å². The molecule has 0 saturated carbocycles. The molecular formula is C16H15FN2O2. The molecule has 0 radical (unpaired) electrons. The molecule has 1 atom stereocenters. The number of aromatic hydroxyl groups is 1. The second kappa shape index (κ2) is 5.90. The van der Waals surface area contributed by atoms with Crippen molar-refractivity contribution in [2.45, 2.75) is 26.9 Å². The minimum atomic E-state index is -1.23. The van der Waals surface area contributed by atoms with Crippen LogP contribution in [0.2, 0.25) is 0 Å². The molecule has 2 aromatic rings. The molecule has 0 aliphatic heterocycles. The lowest BCUT2D eigenvalue weighted by Crippen LogP contribution is -2.00. The zero-order valence-corrected chi connectivity index (χ0v) is 12.0.